The van der Waals surface area contributed by atoms with Crippen LogP contribution < -0.4 is 25.6 Å². The number of hydrogen-bond acceptors (Lipinski definition) is 9. The first-order valence-electron chi connectivity index (χ1n) is 13.8. The van der Waals surface area contributed by atoms with Gasteiger partial charge in [-0.3, -0.25) is 5.43 Å². The van der Waals surface area contributed by atoms with Crippen molar-refractivity contribution >= 4 is 38.8 Å². The highest BCUT2D eigenvalue weighted by Crippen LogP contribution is 2.31. The van der Waals surface area contributed by atoms with Crippen LogP contribution >= 0.6 is 0 Å². The highest BCUT2D eigenvalue weighted by molar-refractivity contribution is 7.89. The summed E-state index contributed by atoms with van der Waals surface area (Å²) in [5, 5.41) is 3.97. The van der Waals surface area contributed by atoms with Gasteiger partial charge in [-0.05, 0) is 82.6 Å². The maximum absolute atomic E-state index is 12.8. The van der Waals surface area contributed by atoms with Gasteiger partial charge in [0.05, 0.1) is 5.52 Å². The van der Waals surface area contributed by atoms with E-state index in [0.717, 1.165) is 37.8 Å². The Kier molecular flexibility index (Phi) is 9.85. The molecule has 0 aliphatic heterocycles. The monoisotopic (exact) mass is 624 g/mol. The van der Waals surface area contributed by atoms with E-state index in [1.54, 1.807) is 20.8 Å². The molecule has 1 amide bonds. The van der Waals surface area contributed by atoms with E-state index in [-0.39, 0.29) is 18.4 Å². The number of alkyl halides is 3. The maximum atomic E-state index is 12.8. The summed E-state index contributed by atoms with van der Waals surface area (Å²) in [6.07, 6.45) is -2.56. The zero-order chi connectivity index (χ0) is 31.3. The van der Waals surface area contributed by atoms with Crippen molar-refractivity contribution in [1.29, 1.82) is 0 Å². The summed E-state index contributed by atoms with van der Waals surface area (Å²) >= 11 is 0. The summed E-state index contributed by atoms with van der Waals surface area (Å²) in [6.45, 7) is 5.97. The van der Waals surface area contributed by atoms with Crippen molar-refractivity contribution < 1.29 is 35.9 Å². The summed E-state index contributed by atoms with van der Waals surface area (Å²) in [5.41, 5.74) is 5.32. The zero-order valence-corrected chi connectivity index (χ0v) is 24.8. The van der Waals surface area contributed by atoms with E-state index in [2.05, 4.69) is 35.6 Å². The van der Waals surface area contributed by atoms with E-state index in [1.165, 1.54) is 12.1 Å². The number of para-hydroxylation sites is 2. The summed E-state index contributed by atoms with van der Waals surface area (Å²) in [4.78, 5) is 20.6. The lowest BCUT2D eigenvalue weighted by molar-refractivity contribution is -0.275. The molecule has 0 spiro atoms. The van der Waals surface area contributed by atoms with Crippen LogP contribution in [0.3, 0.4) is 0 Å². The number of fused-ring (bicyclic) bond motifs is 1. The molecular formula is C28H35F3N6O5S. The van der Waals surface area contributed by atoms with E-state index >= 15 is 0 Å². The number of carbonyl (C=O) groups excluding carboxylic acids is 1. The molecule has 2 aromatic carbocycles. The van der Waals surface area contributed by atoms with Crippen LogP contribution in [0.2, 0.25) is 0 Å². The summed E-state index contributed by atoms with van der Waals surface area (Å²) in [5.74, 6) is 0.319. The molecule has 43 heavy (non-hydrogen) atoms. The Morgan fingerprint density at radius 2 is 1.56 bits per heavy atom. The van der Waals surface area contributed by atoms with Crippen molar-refractivity contribution in [3.05, 3.63) is 48.5 Å². The van der Waals surface area contributed by atoms with Crippen LogP contribution in [-0.4, -0.2) is 49.5 Å². The first kappa shape index (κ1) is 32.1. The molecule has 0 saturated heterocycles. The molecule has 1 fully saturated rings. The second-order valence-electron chi connectivity index (χ2n) is 11.3. The number of anilines is 2. The first-order valence-corrected chi connectivity index (χ1v) is 15.3. The van der Waals surface area contributed by atoms with Crippen molar-refractivity contribution in [3.8, 4) is 5.75 Å². The predicted molar refractivity (Wildman–Crippen MR) is 155 cm³/mol. The Hall–Kier alpha value is -3.85. The van der Waals surface area contributed by atoms with Gasteiger partial charge in [0.1, 0.15) is 16.2 Å². The van der Waals surface area contributed by atoms with Crippen LogP contribution in [-0.2, 0) is 14.8 Å². The Balaban J connectivity index is 1.30. The fourth-order valence-corrected chi connectivity index (χ4v) is 5.97. The Morgan fingerprint density at radius 3 is 2.23 bits per heavy atom. The summed E-state index contributed by atoms with van der Waals surface area (Å²) < 4.78 is 75.3. The average molecular weight is 625 g/mol. The highest BCUT2D eigenvalue weighted by atomic mass is 32.2. The van der Waals surface area contributed by atoms with Gasteiger partial charge in [-0.2, -0.15) is 4.98 Å². The molecule has 0 radical (unpaired) electrons. The number of ether oxygens (including phenoxy) is 2. The number of rotatable bonds is 10. The second-order valence-corrected chi connectivity index (χ2v) is 13.0. The van der Waals surface area contributed by atoms with Gasteiger partial charge in [0.15, 0.2) is 5.82 Å². The quantitative estimate of drug-likeness (QED) is 0.213. The third-order valence-electron chi connectivity index (χ3n) is 6.73. The molecule has 0 bridgehead atoms. The number of nitrogens with zero attached hydrogens (tertiary/aromatic N) is 2. The molecule has 15 heteroatoms. The SMILES string of the molecule is CC(C)(C)OC(=O)NNc1nc(NC[C@H]2CC[C@H](CNS(=O)(=O)c3ccccc3OC(F)(F)F)CC2)nc2ccccc12. The average Bonchev–Trinajstić information content (AvgIpc) is 2.93. The Labute approximate surface area is 248 Å². The van der Waals surface area contributed by atoms with Gasteiger partial charge in [0.25, 0.3) is 0 Å². The Bertz CT molecular complexity index is 1520. The van der Waals surface area contributed by atoms with Crippen molar-refractivity contribution in [2.24, 2.45) is 11.8 Å². The lowest BCUT2D eigenvalue weighted by Crippen LogP contribution is -2.36. The number of hydrazine groups is 1. The third-order valence-corrected chi connectivity index (χ3v) is 8.19. The smallest absolute Gasteiger partial charge is 0.443 e. The van der Waals surface area contributed by atoms with Crippen LogP contribution in [0, 0.1) is 11.8 Å². The van der Waals surface area contributed by atoms with Crippen LogP contribution in [0.15, 0.2) is 53.4 Å². The largest absolute Gasteiger partial charge is 0.573 e. The molecule has 3 aromatic rings. The number of benzene rings is 2. The molecule has 1 aromatic heterocycles. The molecule has 234 valence electrons. The van der Waals surface area contributed by atoms with Crippen LogP contribution in [0.4, 0.5) is 29.7 Å². The molecule has 11 nitrogen and oxygen atoms in total. The normalized spacial score (nSPS) is 17.7. The number of amides is 1. The van der Waals surface area contributed by atoms with Crippen LogP contribution in [0.1, 0.15) is 46.5 Å². The molecular weight excluding hydrogens is 589 g/mol. The number of sulfonamides is 1. The molecule has 1 heterocycles. The van der Waals surface area contributed by atoms with Gasteiger partial charge in [-0.15, -0.1) is 13.2 Å². The van der Waals surface area contributed by atoms with Crippen molar-refractivity contribution in [2.45, 2.75) is 63.3 Å². The fraction of sp³-hybridized carbons (Fsp3) is 0.464. The van der Waals surface area contributed by atoms with Gasteiger partial charge in [-0.1, -0.05) is 24.3 Å². The number of nitrogens with one attached hydrogen (secondary N) is 4. The molecule has 4 N–H and O–H groups in total. The van der Waals surface area contributed by atoms with Crippen molar-refractivity contribution in [3.63, 3.8) is 0 Å². The first-order chi connectivity index (χ1) is 20.2. The number of halogens is 3. The van der Waals surface area contributed by atoms with E-state index in [4.69, 9.17) is 4.74 Å². The lowest BCUT2D eigenvalue weighted by Gasteiger charge is -2.28. The zero-order valence-electron chi connectivity index (χ0n) is 24.0. The minimum atomic E-state index is -5.01. The maximum Gasteiger partial charge on any atom is 0.573 e. The third kappa shape index (κ3) is 9.58. The van der Waals surface area contributed by atoms with Gasteiger partial charge in [0.2, 0.25) is 16.0 Å². The minimum Gasteiger partial charge on any atom is -0.443 e. The van der Waals surface area contributed by atoms with Crippen molar-refractivity contribution in [2.75, 3.05) is 23.8 Å². The second kappa shape index (κ2) is 13.2. The molecule has 4 rings (SSSR count). The van der Waals surface area contributed by atoms with Gasteiger partial charge >= 0.3 is 12.5 Å². The van der Waals surface area contributed by atoms with E-state index in [0.29, 0.717) is 29.2 Å². The molecule has 0 atom stereocenters. The van der Waals surface area contributed by atoms with Crippen molar-refractivity contribution in [1.82, 2.24) is 20.1 Å². The fourth-order valence-electron chi connectivity index (χ4n) is 4.73. The number of aromatic nitrogens is 2. The number of carbonyl (C=O) groups is 1. The molecule has 1 aliphatic carbocycles. The van der Waals surface area contributed by atoms with E-state index in [1.807, 2.05) is 24.3 Å². The van der Waals surface area contributed by atoms with E-state index < -0.39 is 38.7 Å². The van der Waals surface area contributed by atoms with Crippen LogP contribution in [0.5, 0.6) is 5.75 Å². The summed E-state index contributed by atoms with van der Waals surface area (Å²) in [7, 11) is -4.21. The van der Waals surface area contributed by atoms with Gasteiger partial charge < -0.3 is 14.8 Å². The highest BCUT2D eigenvalue weighted by Gasteiger charge is 2.34. The minimum absolute atomic E-state index is 0.0355. The molecule has 1 saturated carbocycles. The van der Waals surface area contributed by atoms with Gasteiger partial charge in [0, 0.05) is 18.5 Å². The molecule has 1 aliphatic rings. The molecule has 0 unspecified atom stereocenters. The van der Waals surface area contributed by atoms with Crippen LogP contribution in [0.25, 0.3) is 10.9 Å². The summed E-state index contributed by atoms with van der Waals surface area (Å²) in [6, 6.07) is 12.0. The number of hydrogen-bond donors (Lipinski definition) is 4. The van der Waals surface area contributed by atoms with E-state index in [9.17, 15) is 26.4 Å². The topological polar surface area (TPSA) is 144 Å². The predicted octanol–water partition coefficient (Wildman–Crippen LogP) is 5.58. The van der Waals surface area contributed by atoms with Gasteiger partial charge in [-0.25, -0.2) is 28.3 Å². The Morgan fingerprint density at radius 1 is 0.930 bits per heavy atom. The lowest BCUT2D eigenvalue weighted by atomic mass is 9.82. The standard InChI is InChI=1S/C28H35F3N6O5S/c1-27(2,3)42-26(38)37-36-24-20-8-4-5-9-21(20)34-25(35-24)32-16-18-12-14-19(15-13-18)17-33-43(39,40)23-11-7-6-10-22(23)41-28(29,30)31/h4-11,18-19,33H,12-17H2,1-3H3,(H,37,38)(H2,32,34,35,36)/t18-,19-.